The van der Waals surface area contributed by atoms with Gasteiger partial charge in [-0.25, -0.2) is 0 Å². The molecule has 0 saturated heterocycles. The van der Waals surface area contributed by atoms with E-state index < -0.39 is 0 Å². The third-order valence-electron chi connectivity index (χ3n) is 2.85. The Bertz CT molecular complexity index is 458. The summed E-state index contributed by atoms with van der Waals surface area (Å²) in [6.45, 7) is 11.1. The molecule has 2 N–H and O–H groups in total. The van der Waals surface area contributed by atoms with Crippen LogP contribution < -0.4 is 15.2 Å². The first-order valence-electron chi connectivity index (χ1n) is 6.98. The zero-order chi connectivity index (χ0) is 15.1. The molecule has 3 nitrogen and oxygen atoms in total. The third kappa shape index (κ3) is 5.17. The Balaban J connectivity index is 2.99. The zero-order valence-corrected chi connectivity index (χ0v) is 14.1. The molecule has 0 aliphatic heterocycles. The standard InChI is InChI=1S/C16H24BrNO2/c1-5-11(3)10-20-16-14(17)8-13(7-12(4)18)9-15(16)19-6-2/h8-9,12H,3,5-7,10,18H2,1-2,4H3. The van der Waals surface area contributed by atoms with Gasteiger partial charge in [0.25, 0.3) is 0 Å². The van der Waals surface area contributed by atoms with Crippen molar-refractivity contribution in [1.29, 1.82) is 0 Å². The fourth-order valence-corrected chi connectivity index (χ4v) is 2.39. The first-order valence-corrected chi connectivity index (χ1v) is 7.77. The van der Waals surface area contributed by atoms with Crippen LogP contribution in [0.3, 0.4) is 0 Å². The van der Waals surface area contributed by atoms with Gasteiger partial charge in [-0.15, -0.1) is 0 Å². The van der Waals surface area contributed by atoms with Gasteiger partial charge in [-0.1, -0.05) is 13.5 Å². The summed E-state index contributed by atoms with van der Waals surface area (Å²) >= 11 is 3.55. The third-order valence-corrected chi connectivity index (χ3v) is 3.44. The van der Waals surface area contributed by atoms with E-state index in [-0.39, 0.29) is 6.04 Å². The second-order valence-corrected chi connectivity index (χ2v) is 5.77. The van der Waals surface area contributed by atoms with Crippen molar-refractivity contribution in [2.75, 3.05) is 13.2 Å². The van der Waals surface area contributed by atoms with Crippen molar-refractivity contribution in [2.24, 2.45) is 5.73 Å². The first-order chi connectivity index (χ1) is 9.47. The molecule has 1 atom stereocenters. The minimum Gasteiger partial charge on any atom is -0.490 e. The predicted octanol–water partition coefficient (Wildman–Crippen LogP) is 4.08. The van der Waals surface area contributed by atoms with Gasteiger partial charge < -0.3 is 15.2 Å². The van der Waals surface area contributed by atoms with Crippen molar-refractivity contribution in [3.63, 3.8) is 0 Å². The molecule has 0 spiro atoms. The summed E-state index contributed by atoms with van der Waals surface area (Å²) in [5, 5.41) is 0. The molecule has 0 amide bonds. The molecule has 0 aliphatic carbocycles. The van der Waals surface area contributed by atoms with E-state index in [9.17, 15) is 0 Å². The molecular formula is C16H24BrNO2. The van der Waals surface area contributed by atoms with E-state index in [2.05, 4.69) is 29.4 Å². The minimum absolute atomic E-state index is 0.114. The maximum Gasteiger partial charge on any atom is 0.175 e. The lowest BCUT2D eigenvalue weighted by molar-refractivity contribution is 0.290. The summed E-state index contributed by atoms with van der Waals surface area (Å²) in [4.78, 5) is 0. The van der Waals surface area contributed by atoms with Gasteiger partial charge in [0.1, 0.15) is 6.61 Å². The van der Waals surface area contributed by atoms with Gasteiger partial charge in [-0.05, 0) is 65.9 Å². The van der Waals surface area contributed by atoms with Gasteiger partial charge in [0.2, 0.25) is 0 Å². The van der Waals surface area contributed by atoms with E-state index in [1.165, 1.54) is 0 Å². The molecule has 1 aromatic rings. The molecular weight excluding hydrogens is 318 g/mol. The monoisotopic (exact) mass is 341 g/mol. The fourth-order valence-electron chi connectivity index (χ4n) is 1.79. The lowest BCUT2D eigenvalue weighted by Gasteiger charge is -2.16. The molecule has 112 valence electrons. The van der Waals surface area contributed by atoms with Crippen LogP contribution in [0.1, 0.15) is 32.8 Å². The van der Waals surface area contributed by atoms with Gasteiger partial charge in [-0.2, -0.15) is 0 Å². The Kier molecular flexibility index (Phi) is 7.10. The molecule has 1 unspecified atom stereocenters. The lowest BCUT2D eigenvalue weighted by Crippen LogP contribution is -2.17. The average Bonchev–Trinajstić information content (AvgIpc) is 2.37. The maximum atomic E-state index is 5.85. The van der Waals surface area contributed by atoms with Gasteiger partial charge in [0.15, 0.2) is 11.5 Å². The largest absolute Gasteiger partial charge is 0.490 e. The van der Waals surface area contributed by atoms with Crippen molar-refractivity contribution in [2.45, 2.75) is 39.7 Å². The molecule has 0 aliphatic rings. The lowest BCUT2D eigenvalue weighted by atomic mass is 10.1. The van der Waals surface area contributed by atoms with Crippen LogP contribution >= 0.6 is 15.9 Å². The number of ether oxygens (including phenoxy) is 2. The van der Waals surface area contributed by atoms with E-state index in [1.54, 1.807) is 0 Å². The molecule has 4 heteroatoms. The summed E-state index contributed by atoms with van der Waals surface area (Å²) in [7, 11) is 0. The highest BCUT2D eigenvalue weighted by molar-refractivity contribution is 9.10. The van der Waals surface area contributed by atoms with Crippen LogP contribution in [-0.4, -0.2) is 19.3 Å². The summed E-state index contributed by atoms with van der Waals surface area (Å²) in [6, 6.07) is 4.15. The highest BCUT2D eigenvalue weighted by Gasteiger charge is 2.13. The fraction of sp³-hybridized carbons (Fsp3) is 0.500. The number of benzene rings is 1. The molecule has 0 radical (unpaired) electrons. The van der Waals surface area contributed by atoms with Crippen LogP contribution in [0.2, 0.25) is 0 Å². The first kappa shape index (κ1) is 17.1. The molecule has 0 aromatic heterocycles. The summed E-state index contributed by atoms with van der Waals surface area (Å²) in [5.41, 5.74) is 8.04. The summed E-state index contributed by atoms with van der Waals surface area (Å²) < 4.78 is 12.4. The van der Waals surface area contributed by atoms with Gasteiger partial charge in [-0.3, -0.25) is 0 Å². The Morgan fingerprint density at radius 2 is 2.05 bits per heavy atom. The quantitative estimate of drug-likeness (QED) is 0.724. The normalized spacial score (nSPS) is 12.1. The van der Waals surface area contributed by atoms with E-state index in [4.69, 9.17) is 15.2 Å². The second kappa shape index (κ2) is 8.32. The number of rotatable bonds is 8. The highest BCUT2D eigenvalue weighted by Crippen LogP contribution is 2.37. The number of hydrogen-bond acceptors (Lipinski definition) is 3. The molecule has 1 rings (SSSR count). The van der Waals surface area contributed by atoms with E-state index in [0.717, 1.165) is 39.9 Å². The molecule has 0 fully saturated rings. The molecule has 20 heavy (non-hydrogen) atoms. The van der Waals surface area contributed by atoms with Crippen molar-refractivity contribution in [3.8, 4) is 11.5 Å². The summed E-state index contributed by atoms with van der Waals surface area (Å²) in [6.07, 6.45) is 1.71. The van der Waals surface area contributed by atoms with E-state index >= 15 is 0 Å². The van der Waals surface area contributed by atoms with Crippen LogP contribution in [0.25, 0.3) is 0 Å². The molecule has 0 bridgehead atoms. The van der Waals surface area contributed by atoms with Crippen LogP contribution in [0.4, 0.5) is 0 Å². The topological polar surface area (TPSA) is 44.5 Å². The smallest absolute Gasteiger partial charge is 0.175 e. The molecule has 0 heterocycles. The highest BCUT2D eigenvalue weighted by atomic mass is 79.9. The van der Waals surface area contributed by atoms with Crippen LogP contribution in [0.5, 0.6) is 11.5 Å². The van der Waals surface area contributed by atoms with Crippen molar-refractivity contribution < 1.29 is 9.47 Å². The Morgan fingerprint density at radius 3 is 2.60 bits per heavy atom. The van der Waals surface area contributed by atoms with Gasteiger partial charge in [0.05, 0.1) is 11.1 Å². The zero-order valence-electron chi connectivity index (χ0n) is 12.5. The van der Waals surface area contributed by atoms with Crippen LogP contribution in [0, 0.1) is 0 Å². The van der Waals surface area contributed by atoms with E-state index in [0.29, 0.717) is 13.2 Å². The predicted molar refractivity (Wildman–Crippen MR) is 87.6 cm³/mol. The van der Waals surface area contributed by atoms with Crippen LogP contribution in [0.15, 0.2) is 28.8 Å². The summed E-state index contributed by atoms with van der Waals surface area (Å²) in [5.74, 6) is 1.48. The number of nitrogens with two attached hydrogens (primary N) is 1. The van der Waals surface area contributed by atoms with Crippen molar-refractivity contribution in [1.82, 2.24) is 0 Å². The molecule has 0 saturated carbocycles. The second-order valence-electron chi connectivity index (χ2n) is 4.91. The minimum atomic E-state index is 0.114. The maximum absolute atomic E-state index is 5.85. The molecule has 1 aromatic carbocycles. The Morgan fingerprint density at radius 1 is 1.35 bits per heavy atom. The average molecular weight is 342 g/mol. The Labute approximate surface area is 130 Å². The van der Waals surface area contributed by atoms with E-state index in [1.807, 2.05) is 26.0 Å². The van der Waals surface area contributed by atoms with Crippen molar-refractivity contribution >= 4 is 15.9 Å². The van der Waals surface area contributed by atoms with Crippen LogP contribution in [-0.2, 0) is 6.42 Å². The number of halogens is 1. The van der Waals surface area contributed by atoms with Gasteiger partial charge in [0, 0.05) is 6.04 Å². The Hall–Kier alpha value is -1.00. The number of hydrogen-bond donors (Lipinski definition) is 1. The SMILES string of the molecule is C=C(CC)COc1c(Br)cc(CC(C)N)cc1OCC. The van der Waals surface area contributed by atoms with Gasteiger partial charge >= 0.3 is 0 Å². The van der Waals surface area contributed by atoms with Crippen molar-refractivity contribution in [3.05, 3.63) is 34.3 Å².